The highest BCUT2D eigenvalue weighted by Crippen LogP contribution is 2.39. The average molecular weight is 542 g/mol. The van der Waals surface area contributed by atoms with E-state index in [0.717, 1.165) is 0 Å². The molecule has 39 heavy (non-hydrogen) atoms. The number of amides is 3. The van der Waals surface area contributed by atoms with Crippen LogP contribution >= 0.6 is 0 Å². The summed E-state index contributed by atoms with van der Waals surface area (Å²) in [4.78, 5) is 43.5. The van der Waals surface area contributed by atoms with E-state index in [4.69, 9.17) is 23.7 Å². The summed E-state index contributed by atoms with van der Waals surface area (Å²) >= 11 is 0. The molecule has 0 radical (unpaired) electrons. The van der Waals surface area contributed by atoms with Gasteiger partial charge in [0, 0.05) is 50.7 Å². The maximum atomic E-state index is 13.8. The molecule has 11 nitrogen and oxygen atoms in total. The summed E-state index contributed by atoms with van der Waals surface area (Å²) in [5, 5.41) is 2.83. The first-order chi connectivity index (χ1) is 18.9. The zero-order valence-corrected chi connectivity index (χ0v) is 22.7. The van der Waals surface area contributed by atoms with E-state index < -0.39 is 11.8 Å². The quantitative estimate of drug-likeness (QED) is 0.479. The van der Waals surface area contributed by atoms with Gasteiger partial charge in [-0.3, -0.25) is 19.3 Å². The molecule has 1 N–H and O–H groups in total. The molecule has 2 aliphatic rings. The fraction of sp³-hybridized carbons (Fsp3) is 0.464. The van der Waals surface area contributed by atoms with Crippen LogP contribution in [0, 0.1) is 0 Å². The van der Waals surface area contributed by atoms with Crippen LogP contribution in [0.3, 0.4) is 0 Å². The van der Waals surface area contributed by atoms with Crippen LogP contribution in [-0.4, -0.2) is 101 Å². The summed E-state index contributed by atoms with van der Waals surface area (Å²) in [7, 11) is 6.16. The number of carbonyl (C=O) groups is 3. The Kier molecular flexibility index (Phi) is 8.93. The molecule has 3 amide bonds. The van der Waals surface area contributed by atoms with Gasteiger partial charge in [-0.25, -0.2) is 0 Å². The van der Waals surface area contributed by atoms with Crippen LogP contribution in [0.25, 0.3) is 0 Å². The molecule has 0 saturated carbocycles. The second kappa shape index (κ2) is 12.4. The van der Waals surface area contributed by atoms with E-state index in [0.29, 0.717) is 67.5 Å². The predicted octanol–water partition coefficient (Wildman–Crippen LogP) is 1.95. The summed E-state index contributed by atoms with van der Waals surface area (Å²) < 4.78 is 27.1. The Morgan fingerprint density at radius 2 is 1.56 bits per heavy atom. The first-order valence-electron chi connectivity index (χ1n) is 12.8. The number of nitrogens with one attached hydrogen (secondary N) is 1. The van der Waals surface area contributed by atoms with Crippen LogP contribution in [0.15, 0.2) is 42.5 Å². The highest BCUT2D eigenvalue weighted by Gasteiger charge is 2.54. The largest absolute Gasteiger partial charge is 0.497 e. The molecule has 1 spiro atoms. The van der Waals surface area contributed by atoms with E-state index in [1.807, 2.05) is 0 Å². The number of rotatable bonds is 9. The van der Waals surface area contributed by atoms with Gasteiger partial charge in [0.1, 0.15) is 17.5 Å². The number of nitrogens with zero attached hydrogens (tertiary/aromatic N) is 2. The Morgan fingerprint density at radius 3 is 2.18 bits per heavy atom. The lowest BCUT2D eigenvalue weighted by molar-refractivity contribution is -0.128. The second-order valence-corrected chi connectivity index (χ2v) is 9.32. The third-order valence-corrected chi connectivity index (χ3v) is 7.19. The number of likely N-dealkylation sites (tertiary alicyclic amines) is 1. The molecule has 2 aromatic rings. The first-order valence-corrected chi connectivity index (χ1v) is 12.8. The van der Waals surface area contributed by atoms with Crippen LogP contribution in [0.5, 0.6) is 17.2 Å². The Morgan fingerprint density at radius 1 is 0.897 bits per heavy atom. The minimum absolute atomic E-state index is 0.0599. The van der Waals surface area contributed by atoms with Crippen molar-refractivity contribution in [3.05, 3.63) is 53.6 Å². The van der Waals surface area contributed by atoms with Gasteiger partial charge in [-0.15, -0.1) is 0 Å². The Labute approximate surface area is 227 Å². The molecule has 2 saturated heterocycles. The van der Waals surface area contributed by atoms with Crippen LogP contribution < -0.4 is 19.5 Å². The van der Waals surface area contributed by atoms with Crippen molar-refractivity contribution in [3.63, 3.8) is 0 Å². The van der Waals surface area contributed by atoms with Crippen molar-refractivity contribution in [2.45, 2.75) is 24.6 Å². The lowest BCUT2D eigenvalue weighted by Gasteiger charge is -2.44. The van der Waals surface area contributed by atoms with Crippen molar-refractivity contribution in [1.29, 1.82) is 0 Å². The van der Waals surface area contributed by atoms with Crippen molar-refractivity contribution >= 4 is 17.7 Å². The van der Waals surface area contributed by atoms with E-state index in [9.17, 15) is 14.4 Å². The van der Waals surface area contributed by atoms with Crippen molar-refractivity contribution in [3.8, 4) is 17.2 Å². The third-order valence-electron chi connectivity index (χ3n) is 7.19. The molecule has 2 fully saturated rings. The van der Waals surface area contributed by atoms with Crippen molar-refractivity contribution < 1.29 is 38.1 Å². The van der Waals surface area contributed by atoms with Gasteiger partial charge in [-0.05, 0) is 42.5 Å². The molecule has 2 heterocycles. The van der Waals surface area contributed by atoms with Gasteiger partial charge in [0.15, 0.2) is 11.5 Å². The molecule has 4 rings (SSSR count). The lowest BCUT2D eigenvalue weighted by Crippen LogP contribution is -2.60. The van der Waals surface area contributed by atoms with Gasteiger partial charge in [0.2, 0.25) is 5.91 Å². The SMILES string of the molecule is COCCNC(=O)C1COC2(CCN(C(=O)c3ccc(OC)c(OC)c3)CC2)N1C(=O)c1ccc(OC)cc1. The predicted molar refractivity (Wildman–Crippen MR) is 141 cm³/mol. The molecule has 1 unspecified atom stereocenters. The number of carbonyl (C=O) groups excluding carboxylic acids is 3. The normalized spacial score (nSPS) is 18.1. The molecule has 0 bridgehead atoms. The van der Waals surface area contributed by atoms with Crippen LogP contribution in [0.1, 0.15) is 33.6 Å². The molecule has 0 aromatic heterocycles. The van der Waals surface area contributed by atoms with Crippen LogP contribution in [0.2, 0.25) is 0 Å². The number of piperidine rings is 1. The number of ether oxygens (including phenoxy) is 5. The van der Waals surface area contributed by atoms with Crippen LogP contribution in [-0.2, 0) is 14.3 Å². The van der Waals surface area contributed by atoms with Gasteiger partial charge < -0.3 is 33.9 Å². The maximum absolute atomic E-state index is 13.8. The molecule has 11 heteroatoms. The van der Waals surface area contributed by atoms with E-state index in [-0.39, 0.29) is 24.3 Å². The fourth-order valence-electron chi connectivity index (χ4n) is 5.04. The topological polar surface area (TPSA) is 116 Å². The van der Waals surface area contributed by atoms with Crippen LogP contribution in [0.4, 0.5) is 0 Å². The standard InChI is InChI=1S/C28H35N3O8/c1-35-16-13-29-25(32)22-18-39-28(31(22)27(34)19-5-8-21(36-2)9-6-19)11-14-30(15-12-28)26(33)20-7-10-23(37-3)24(17-20)38-4/h5-10,17,22H,11-16,18H2,1-4H3,(H,29,32). The summed E-state index contributed by atoms with van der Waals surface area (Å²) in [6, 6.07) is 11.0. The molecule has 210 valence electrons. The highest BCUT2D eigenvalue weighted by atomic mass is 16.5. The van der Waals surface area contributed by atoms with Crippen molar-refractivity contribution in [1.82, 2.24) is 15.1 Å². The highest BCUT2D eigenvalue weighted by molar-refractivity contribution is 5.99. The number of hydrogen-bond acceptors (Lipinski definition) is 8. The minimum atomic E-state index is -1.02. The van der Waals surface area contributed by atoms with E-state index in [1.165, 1.54) is 14.2 Å². The number of hydrogen-bond donors (Lipinski definition) is 1. The van der Waals surface area contributed by atoms with E-state index in [1.54, 1.807) is 66.5 Å². The Bertz CT molecular complexity index is 1180. The van der Waals surface area contributed by atoms with Gasteiger partial charge in [0.05, 0.1) is 34.5 Å². The zero-order valence-electron chi connectivity index (χ0n) is 22.7. The fourth-order valence-corrected chi connectivity index (χ4v) is 5.04. The zero-order chi connectivity index (χ0) is 28.0. The third kappa shape index (κ3) is 5.79. The Hall–Kier alpha value is -3.83. The number of benzene rings is 2. The molecule has 2 aliphatic heterocycles. The molecule has 1 atom stereocenters. The molecular weight excluding hydrogens is 506 g/mol. The Balaban J connectivity index is 1.55. The van der Waals surface area contributed by atoms with Crippen molar-refractivity contribution in [2.24, 2.45) is 0 Å². The van der Waals surface area contributed by atoms with Gasteiger partial charge in [-0.2, -0.15) is 0 Å². The molecule has 2 aromatic carbocycles. The van der Waals surface area contributed by atoms with Gasteiger partial charge >= 0.3 is 0 Å². The van der Waals surface area contributed by atoms with Gasteiger partial charge in [0.25, 0.3) is 11.8 Å². The first kappa shape index (κ1) is 28.2. The maximum Gasteiger partial charge on any atom is 0.256 e. The smallest absolute Gasteiger partial charge is 0.256 e. The lowest BCUT2D eigenvalue weighted by atomic mass is 9.96. The summed E-state index contributed by atoms with van der Waals surface area (Å²) in [5.41, 5.74) is -0.133. The second-order valence-electron chi connectivity index (χ2n) is 9.32. The monoisotopic (exact) mass is 541 g/mol. The van der Waals surface area contributed by atoms with E-state index >= 15 is 0 Å². The van der Waals surface area contributed by atoms with Crippen molar-refractivity contribution in [2.75, 3.05) is 61.3 Å². The molecular formula is C28H35N3O8. The number of methoxy groups -OCH3 is 4. The summed E-state index contributed by atoms with van der Waals surface area (Å²) in [6.07, 6.45) is 0.714. The minimum Gasteiger partial charge on any atom is -0.497 e. The average Bonchev–Trinajstić information content (AvgIpc) is 3.34. The molecule has 0 aliphatic carbocycles. The summed E-state index contributed by atoms with van der Waals surface area (Å²) in [5.74, 6) is 0.833. The summed E-state index contributed by atoms with van der Waals surface area (Å²) in [6.45, 7) is 1.42. The van der Waals surface area contributed by atoms with E-state index in [2.05, 4.69) is 5.32 Å². The van der Waals surface area contributed by atoms with Gasteiger partial charge in [-0.1, -0.05) is 0 Å².